The van der Waals surface area contributed by atoms with Gasteiger partial charge in [-0.25, -0.2) is 32.8 Å². The normalized spacial score (nSPS) is 15.5. The number of aromatic nitrogens is 6. The van der Waals surface area contributed by atoms with E-state index in [4.69, 9.17) is 0 Å². The van der Waals surface area contributed by atoms with Crippen LogP contribution in [0.25, 0.3) is 11.0 Å². The van der Waals surface area contributed by atoms with Crippen LogP contribution in [-0.4, -0.2) is 49.4 Å². The molecule has 1 amide bonds. The maximum absolute atomic E-state index is 13.2. The number of amides is 1. The van der Waals surface area contributed by atoms with E-state index in [0.29, 0.717) is 27.6 Å². The van der Waals surface area contributed by atoms with Crippen LogP contribution in [0, 0.1) is 0 Å². The van der Waals surface area contributed by atoms with E-state index < -0.39 is 10.0 Å². The number of carbonyl (C=O) groups excluding carboxylic acids is 1. The van der Waals surface area contributed by atoms with Crippen LogP contribution in [0.2, 0.25) is 0 Å². The molecule has 5 rings (SSSR count). The molecule has 0 fully saturated rings. The SMILES string of the molecule is CC(C)(C)n1ncc2c(=O)n3c(nc21)SCC3CC(=O)Nc1ccc(S(=O)(=O)Nc2ncccn2)cc1. The molecule has 0 spiro atoms. The van der Waals surface area contributed by atoms with Crippen molar-refractivity contribution in [3.05, 3.63) is 59.3 Å². The fourth-order valence-electron chi connectivity index (χ4n) is 3.95. The number of sulfonamides is 1. The maximum Gasteiger partial charge on any atom is 0.265 e. The fourth-order valence-corrected chi connectivity index (χ4v) is 6.03. The van der Waals surface area contributed by atoms with Gasteiger partial charge in [0.15, 0.2) is 10.8 Å². The van der Waals surface area contributed by atoms with Crippen LogP contribution in [0.5, 0.6) is 0 Å². The molecule has 37 heavy (non-hydrogen) atoms. The summed E-state index contributed by atoms with van der Waals surface area (Å²) in [5.74, 6) is 0.194. The average Bonchev–Trinajstić information content (AvgIpc) is 3.45. The lowest BCUT2D eigenvalue weighted by Gasteiger charge is -2.20. The summed E-state index contributed by atoms with van der Waals surface area (Å²) in [5, 5.41) is 8.10. The Labute approximate surface area is 216 Å². The van der Waals surface area contributed by atoms with Gasteiger partial charge in [-0.15, -0.1) is 0 Å². The molecule has 192 valence electrons. The van der Waals surface area contributed by atoms with Gasteiger partial charge in [-0.1, -0.05) is 11.8 Å². The van der Waals surface area contributed by atoms with Gasteiger partial charge < -0.3 is 5.32 Å². The molecule has 4 heterocycles. The van der Waals surface area contributed by atoms with Crippen LogP contribution >= 0.6 is 11.8 Å². The zero-order chi connectivity index (χ0) is 26.4. The number of anilines is 2. The molecule has 2 N–H and O–H groups in total. The van der Waals surface area contributed by atoms with E-state index in [1.807, 2.05) is 20.8 Å². The van der Waals surface area contributed by atoms with Crippen molar-refractivity contribution in [3.8, 4) is 0 Å². The first-order valence-electron chi connectivity index (χ1n) is 11.4. The molecule has 12 nitrogen and oxygen atoms in total. The van der Waals surface area contributed by atoms with Crippen molar-refractivity contribution < 1.29 is 13.2 Å². The Bertz CT molecular complexity index is 1640. The van der Waals surface area contributed by atoms with Gasteiger partial charge in [0.2, 0.25) is 11.9 Å². The highest BCUT2D eigenvalue weighted by Gasteiger charge is 2.30. The van der Waals surface area contributed by atoms with Gasteiger partial charge in [-0.05, 0) is 51.1 Å². The summed E-state index contributed by atoms with van der Waals surface area (Å²) in [7, 11) is -3.88. The van der Waals surface area contributed by atoms with E-state index in [1.54, 1.807) is 15.3 Å². The number of nitrogens with one attached hydrogen (secondary N) is 2. The van der Waals surface area contributed by atoms with Crippen molar-refractivity contribution in [2.75, 3.05) is 15.8 Å². The van der Waals surface area contributed by atoms with Gasteiger partial charge in [0.05, 0.1) is 22.7 Å². The molecule has 1 unspecified atom stereocenters. The van der Waals surface area contributed by atoms with E-state index in [9.17, 15) is 18.0 Å². The maximum atomic E-state index is 13.2. The number of rotatable bonds is 6. The number of nitrogens with zero attached hydrogens (tertiary/aromatic N) is 6. The molecule has 1 atom stereocenters. The second-order valence-electron chi connectivity index (χ2n) is 9.45. The van der Waals surface area contributed by atoms with Gasteiger partial charge in [-0.3, -0.25) is 14.2 Å². The van der Waals surface area contributed by atoms with Crippen molar-refractivity contribution in [2.24, 2.45) is 0 Å². The molecule has 1 aliphatic rings. The summed E-state index contributed by atoms with van der Waals surface area (Å²) in [5.41, 5.74) is 0.411. The number of hydrogen-bond donors (Lipinski definition) is 2. The second-order valence-corrected chi connectivity index (χ2v) is 12.1. The smallest absolute Gasteiger partial charge is 0.265 e. The molecule has 0 saturated heterocycles. The Morgan fingerprint density at radius 2 is 1.86 bits per heavy atom. The van der Waals surface area contributed by atoms with Crippen LogP contribution in [0.3, 0.4) is 0 Å². The van der Waals surface area contributed by atoms with E-state index >= 15 is 0 Å². The van der Waals surface area contributed by atoms with Crippen LogP contribution in [0.4, 0.5) is 11.6 Å². The molecule has 0 aliphatic carbocycles. The number of fused-ring (bicyclic) bond motifs is 2. The van der Waals surface area contributed by atoms with Gasteiger partial charge in [0.1, 0.15) is 5.39 Å². The Morgan fingerprint density at radius 1 is 1.16 bits per heavy atom. The first-order chi connectivity index (χ1) is 17.5. The Hall–Kier alpha value is -3.78. The van der Waals surface area contributed by atoms with E-state index in [0.717, 1.165) is 0 Å². The summed E-state index contributed by atoms with van der Waals surface area (Å²) < 4.78 is 30.7. The molecular weight excluding hydrogens is 516 g/mol. The first kappa shape index (κ1) is 24.9. The molecule has 1 aliphatic heterocycles. The lowest BCUT2D eigenvalue weighted by atomic mass is 10.1. The van der Waals surface area contributed by atoms with Crippen molar-refractivity contribution in [3.63, 3.8) is 0 Å². The standard InChI is InChI=1S/C23H24N8O4S2/c1-23(2,3)31-19-17(12-26-31)20(33)30-15(13-36-22(30)28-19)11-18(32)27-14-5-7-16(8-6-14)37(34,35)29-21-24-9-4-10-25-21/h4-10,12,15H,11,13H2,1-3H3,(H,27,32)(H,24,25,29). The minimum absolute atomic E-state index is 0.00322. The van der Waals surface area contributed by atoms with E-state index in [2.05, 4.69) is 30.1 Å². The number of hydrogen-bond acceptors (Lipinski definition) is 9. The quantitative estimate of drug-likeness (QED) is 0.351. The summed E-state index contributed by atoms with van der Waals surface area (Å²) in [6, 6.07) is 6.95. The molecule has 0 saturated carbocycles. The highest BCUT2D eigenvalue weighted by Crippen LogP contribution is 2.34. The van der Waals surface area contributed by atoms with Gasteiger partial charge in [-0.2, -0.15) is 5.10 Å². The third kappa shape index (κ3) is 4.93. The fraction of sp³-hybridized carbons (Fsp3) is 0.304. The third-order valence-electron chi connectivity index (χ3n) is 5.67. The molecule has 3 aromatic heterocycles. The predicted molar refractivity (Wildman–Crippen MR) is 139 cm³/mol. The average molecular weight is 541 g/mol. The number of carbonyl (C=O) groups is 1. The summed E-state index contributed by atoms with van der Waals surface area (Å²) in [6.07, 6.45) is 4.44. The predicted octanol–water partition coefficient (Wildman–Crippen LogP) is 2.61. The Kier molecular flexibility index (Phi) is 6.23. The number of thioether (sulfide) groups is 1. The molecule has 0 bridgehead atoms. The van der Waals surface area contributed by atoms with Crippen LogP contribution in [-0.2, 0) is 20.4 Å². The van der Waals surface area contributed by atoms with E-state index in [1.165, 1.54) is 54.6 Å². The minimum Gasteiger partial charge on any atom is -0.326 e. The zero-order valence-corrected chi connectivity index (χ0v) is 21.9. The van der Waals surface area contributed by atoms with Crippen molar-refractivity contribution in [2.45, 2.75) is 48.8 Å². The van der Waals surface area contributed by atoms with Crippen LogP contribution in [0.15, 0.2) is 63.8 Å². The molecule has 1 aromatic carbocycles. The first-order valence-corrected chi connectivity index (χ1v) is 13.8. The largest absolute Gasteiger partial charge is 0.326 e. The topological polar surface area (TPSA) is 154 Å². The highest BCUT2D eigenvalue weighted by atomic mass is 32.2. The Morgan fingerprint density at radius 3 is 2.54 bits per heavy atom. The molecule has 14 heteroatoms. The second kappa shape index (κ2) is 9.27. The summed E-state index contributed by atoms with van der Waals surface area (Å²) >= 11 is 1.43. The summed E-state index contributed by atoms with van der Waals surface area (Å²) in [4.78, 5) is 38.4. The van der Waals surface area contributed by atoms with Gasteiger partial charge >= 0.3 is 0 Å². The van der Waals surface area contributed by atoms with Crippen LogP contribution < -0.4 is 15.6 Å². The lowest BCUT2D eigenvalue weighted by Crippen LogP contribution is -2.29. The number of benzene rings is 1. The minimum atomic E-state index is -3.88. The molecule has 0 radical (unpaired) electrons. The van der Waals surface area contributed by atoms with Crippen molar-refractivity contribution in [1.29, 1.82) is 0 Å². The monoisotopic (exact) mass is 540 g/mol. The highest BCUT2D eigenvalue weighted by molar-refractivity contribution is 7.99. The Balaban J connectivity index is 1.29. The molecule has 4 aromatic rings. The van der Waals surface area contributed by atoms with Crippen LogP contribution in [0.1, 0.15) is 33.2 Å². The lowest BCUT2D eigenvalue weighted by molar-refractivity contribution is -0.116. The zero-order valence-electron chi connectivity index (χ0n) is 20.2. The third-order valence-corrected chi connectivity index (χ3v) is 8.11. The molecular formula is C23H24N8O4S2. The van der Waals surface area contributed by atoms with Gasteiger partial charge in [0.25, 0.3) is 15.6 Å². The van der Waals surface area contributed by atoms with Crippen molar-refractivity contribution in [1.82, 2.24) is 29.3 Å². The van der Waals surface area contributed by atoms with Gasteiger partial charge in [0, 0.05) is 30.3 Å². The van der Waals surface area contributed by atoms with E-state index in [-0.39, 0.29) is 40.3 Å². The van der Waals surface area contributed by atoms with Crippen molar-refractivity contribution >= 4 is 50.4 Å². The summed E-state index contributed by atoms with van der Waals surface area (Å²) in [6.45, 7) is 5.97.